The van der Waals surface area contributed by atoms with E-state index in [4.69, 9.17) is 10.5 Å². The van der Waals surface area contributed by atoms with Gasteiger partial charge in [-0.25, -0.2) is 0 Å². The predicted molar refractivity (Wildman–Crippen MR) is 64.1 cm³/mol. The molecule has 0 heterocycles. The summed E-state index contributed by atoms with van der Waals surface area (Å²) in [4.78, 5) is 0. The van der Waals surface area contributed by atoms with Gasteiger partial charge in [0.25, 0.3) is 0 Å². The Hall–Kier alpha value is -1.02. The molecule has 84 valence electrons. The number of benzene rings is 1. The Morgan fingerprint density at radius 3 is 2.27 bits per heavy atom. The van der Waals surface area contributed by atoms with Crippen LogP contribution in [-0.2, 0) is 0 Å². The molecule has 0 bridgehead atoms. The van der Waals surface area contributed by atoms with Crippen molar-refractivity contribution in [3.05, 3.63) is 29.8 Å². The minimum Gasteiger partial charge on any atom is -0.493 e. The summed E-state index contributed by atoms with van der Waals surface area (Å²) in [5.74, 6) is 1.94. The average molecular weight is 207 g/mol. The minimum atomic E-state index is 0.436. The number of ether oxygens (including phenoxy) is 1. The SMILES string of the molecule is Cc1ccc(OCC(CN)C(C)C)cc1. The minimum absolute atomic E-state index is 0.436. The van der Waals surface area contributed by atoms with Crippen molar-refractivity contribution in [3.8, 4) is 5.75 Å². The molecule has 2 nitrogen and oxygen atoms in total. The van der Waals surface area contributed by atoms with Crippen molar-refractivity contribution >= 4 is 0 Å². The maximum Gasteiger partial charge on any atom is 0.119 e. The summed E-state index contributed by atoms with van der Waals surface area (Å²) >= 11 is 0. The standard InChI is InChI=1S/C13H21NO/c1-10(2)12(8-14)9-15-13-6-4-11(3)5-7-13/h4-7,10,12H,8-9,14H2,1-3H3. The molecule has 0 spiro atoms. The van der Waals surface area contributed by atoms with Crippen LogP contribution in [0.4, 0.5) is 0 Å². The van der Waals surface area contributed by atoms with Crippen LogP contribution in [0.2, 0.25) is 0 Å². The van der Waals surface area contributed by atoms with E-state index in [9.17, 15) is 0 Å². The van der Waals surface area contributed by atoms with Crippen molar-refractivity contribution in [1.29, 1.82) is 0 Å². The van der Waals surface area contributed by atoms with E-state index < -0.39 is 0 Å². The molecule has 0 aromatic heterocycles. The van der Waals surface area contributed by atoms with Crippen LogP contribution in [0.25, 0.3) is 0 Å². The van der Waals surface area contributed by atoms with Gasteiger partial charge in [-0.1, -0.05) is 31.5 Å². The quantitative estimate of drug-likeness (QED) is 0.805. The molecule has 2 heteroatoms. The highest BCUT2D eigenvalue weighted by atomic mass is 16.5. The summed E-state index contributed by atoms with van der Waals surface area (Å²) in [6.45, 7) is 7.81. The lowest BCUT2D eigenvalue weighted by atomic mass is 9.97. The molecule has 15 heavy (non-hydrogen) atoms. The Bertz CT molecular complexity index is 279. The Morgan fingerprint density at radius 2 is 1.80 bits per heavy atom. The van der Waals surface area contributed by atoms with Crippen LogP contribution in [0.15, 0.2) is 24.3 Å². The van der Waals surface area contributed by atoms with Crippen molar-refractivity contribution in [2.75, 3.05) is 13.2 Å². The number of hydrogen-bond acceptors (Lipinski definition) is 2. The Kier molecular flexibility index (Phi) is 4.63. The normalized spacial score (nSPS) is 12.9. The van der Waals surface area contributed by atoms with Crippen LogP contribution in [-0.4, -0.2) is 13.2 Å². The van der Waals surface area contributed by atoms with Gasteiger partial charge in [0.2, 0.25) is 0 Å². The maximum atomic E-state index is 5.70. The Morgan fingerprint density at radius 1 is 1.20 bits per heavy atom. The van der Waals surface area contributed by atoms with Crippen LogP contribution >= 0.6 is 0 Å². The second-order valence-corrected chi connectivity index (χ2v) is 4.36. The molecule has 1 aromatic rings. The lowest BCUT2D eigenvalue weighted by Crippen LogP contribution is -2.26. The molecule has 1 atom stereocenters. The lowest BCUT2D eigenvalue weighted by molar-refractivity contribution is 0.214. The molecule has 1 rings (SSSR count). The average Bonchev–Trinajstić information content (AvgIpc) is 2.21. The van der Waals surface area contributed by atoms with Crippen LogP contribution in [0.5, 0.6) is 5.75 Å². The van der Waals surface area contributed by atoms with Crippen LogP contribution in [0.1, 0.15) is 19.4 Å². The van der Waals surface area contributed by atoms with Gasteiger partial charge < -0.3 is 10.5 Å². The summed E-state index contributed by atoms with van der Waals surface area (Å²) in [5, 5.41) is 0. The van der Waals surface area contributed by atoms with Gasteiger partial charge in [-0.15, -0.1) is 0 Å². The number of nitrogens with two attached hydrogens (primary N) is 1. The van der Waals surface area contributed by atoms with E-state index in [1.807, 2.05) is 12.1 Å². The fraction of sp³-hybridized carbons (Fsp3) is 0.538. The van der Waals surface area contributed by atoms with Crippen molar-refractivity contribution in [2.24, 2.45) is 17.6 Å². The third-order valence-electron chi connectivity index (χ3n) is 2.73. The highest BCUT2D eigenvalue weighted by Gasteiger charge is 2.11. The molecule has 0 amide bonds. The van der Waals surface area contributed by atoms with Crippen LogP contribution < -0.4 is 10.5 Å². The van der Waals surface area contributed by atoms with Gasteiger partial charge in [0.1, 0.15) is 5.75 Å². The number of hydrogen-bond donors (Lipinski definition) is 1. The third kappa shape index (κ3) is 3.92. The molecule has 0 aliphatic heterocycles. The second-order valence-electron chi connectivity index (χ2n) is 4.36. The van der Waals surface area contributed by atoms with E-state index in [0.717, 1.165) is 5.75 Å². The number of aryl methyl sites for hydroxylation is 1. The van der Waals surface area contributed by atoms with E-state index in [0.29, 0.717) is 25.0 Å². The molecule has 0 saturated heterocycles. The van der Waals surface area contributed by atoms with E-state index in [1.54, 1.807) is 0 Å². The first-order valence-electron chi connectivity index (χ1n) is 5.53. The lowest BCUT2D eigenvalue weighted by Gasteiger charge is -2.19. The highest BCUT2D eigenvalue weighted by molar-refractivity contribution is 5.26. The van der Waals surface area contributed by atoms with Gasteiger partial charge in [-0.3, -0.25) is 0 Å². The first kappa shape index (κ1) is 12.1. The molecule has 1 unspecified atom stereocenters. The van der Waals surface area contributed by atoms with Crippen molar-refractivity contribution in [1.82, 2.24) is 0 Å². The van der Waals surface area contributed by atoms with E-state index in [1.165, 1.54) is 5.56 Å². The monoisotopic (exact) mass is 207 g/mol. The zero-order valence-corrected chi connectivity index (χ0v) is 9.86. The molecule has 0 aliphatic carbocycles. The molecule has 0 aliphatic rings. The molecule has 2 N–H and O–H groups in total. The molecule has 1 aromatic carbocycles. The highest BCUT2D eigenvalue weighted by Crippen LogP contribution is 2.15. The molecular formula is C13H21NO. The van der Waals surface area contributed by atoms with Gasteiger partial charge in [0.15, 0.2) is 0 Å². The summed E-state index contributed by atoms with van der Waals surface area (Å²) in [7, 11) is 0. The molecule has 0 fully saturated rings. The van der Waals surface area contributed by atoms with Crippen LogP contribution in [0, 0.1) is 18.8 Å². The fourth-order valence-electron chi connectivity index (χ4n) is 1.37. The molecular weight excluding hydrogens is 186 g/mol. The Balaban J connectivity index is 2.45. The first-order chi connectivity index (χ1) is 7.13. The Labute approximate surface area is 92.4 Å². The summed E-state index contributed by atoms with van der Waals surface area (Å²) in [6, 6.07) is 8.12. The number of rotatable bonds is 5. The summed E-state index contributed by atoms with van der Waals surface area (Å²) < 4.78 is 5.70. The first-order valence-corrected chi connectivity index (χ1v) is 5.53. The third-order valence-corrected chi connectivity index (χ3v) is 2.73. The van der Waals surface area contributed by atoms with Crippen LogP contribution in [0.3, 0.4) is 0 Å². The zero-order chi connectivity index (χ0) is 11.3. The second kappa shape index (κ2) is 5.76. The molecule has 0 saturated carbocycles. The van der Waals surface area contributed by atoms with E-state index in [2.05, 4.69) is 32.9 Å². The van der Waals surface area contributed by atoms with Gasteiger partial charge >= 0.3 is 0 Å². The van der Waals surface area contributed by atoms with Crippen molar-refractivity contribution < 1.29 is 4.74 Å². The molecule has 0 radical (unpaired) electrons. The van der Waals surface area contributed by atoms with E-state index in [-0.39, 0.29) is 0 Å². The predicted octanol–water partition coefficient (Wildman–Crippen LogP) is 2.60. The van der Waals surface area contributed by atoms with Gasteiger partial charge in [-0.05, 0) is 31.5 Å². The van der Waals surface area contributed by atoms with Crippen molar-refractivity contribution in [3.63, 3.8) is 0 Å². The maximum absolute atomic E-state index is 5.70. The van der Waals surface area contributed by atoms with Gasteiger partial charge in [0.05, 0.1) is 6.61 Å². The fourth-order valence-corrected chi connectivity index (χ4v) is 1.37. The largest absolute Gasteiger partial charge is 0.493 e. The summed E-state index contributed by atoms with van der Waals surface area (Å²) in [6.07, 6.45) is 0. The zero-order valence-electron chi connectivity index (χ0n) is 9.86. The van der Waals surface area contributed by atoms with Gasteiger partial charge in [-0.2, -0.15) is 0 Å². The van der Waals surface area contributed by atoms with Gasteiger partial charge in [0, 0.05) is 5.92 Å². The topological polar surface area (TPSA) is 35.2 Å². The van der Waals surface area contributed by atoms with Crippen molar-refractivity contribution in [2.45, 2.75) is 20.8 Å². The summed E-state index contributed by atoms with van der Waals surface area (Å²) in [5.41, 5.74) is 6.93. The smallest absolute Gasteiger partial charge is 0.119 e. The van der Waals surface area contributed by atoms with E-state index >= 15 is 0 Å².